The highest BCUT2D eigenvalue weighted by atomic mass is 79.9. The first kappa shape index (κ1) is 11.6. The minimum atomic E-state index is -0.122. The molecule has 0 radical (unpaired) electrons. The molecule has 0 bridgehead atoms. The monoisotopic (exact) mass is 311 g/mol. The van der Waals surface area contributed by atoms with Crippen LogP contribution in [0.4, 0.5) is 5.69 Å². The van der Waals surface area contributed by atoms with Crippen LogP contribution in [0.1, 0.15) is 25.7 Å². The first-order valence-corrected chi connectivity index (χ1v) is 7.72. The molecule has 0 atom stereocenters. The van der Waals surface area contributed by atoms with Gasteiger partial charge in [0.1, 0.15) is 0 Å². The average Bonchev–Trinajstić information content (AvgIpc) is 2.72. The fraction of sp³-hybridized carbons (Fsp3) is 0.462. The lowest BCUT2D eigenvalue weighted by atomic mass is 9.87. The molecule has 4 heteroatoms. The van der Waals surface area contributed by atoms with E-state index < -0.39 is 0 Å². The van der Waals surface area contributed by atoms with E-state index in [4.69, 9.17) is 0 Å². The van der Waals surface area contributed by atoms with Crippen molar-refractivity contribution < 1.29 is 4.79 Å². The lowest BCUT2D eigenvalue weighted by Crippen LogP contribution is -2.34. The molecule has 1 aromatic carbocycles. The molecule has 1 fully saturated rings. The molecule has 1 aliphatic heterocycles. The van der Waals surface area contributed by atoms with Gasteiger partial charge in [0.2, 0.25) is 5.91 Å². The van der Waals surface area contributed by atoms with E-state index in [9.17, 15) is 4.79 Å². The molecule has 0 aromatic heterocycles. The smallest absolute Gasteiger partial charge is 0.231 e. The van der Waals surface area contributed by atoms with Crippen LogP contribution in [0, 0.1) is 5.41 Å². The van der Waals surface area contributed by atoms with E-state index in [-0.39, 0.29) is 11.3 Å². The minimum absolute atomic E-state index is 0.122. The van der Waals surface area contributed by atoms with E-state index in [1.54, 1.807) is 11.8 Å². The maximum absolute atomic E-state index is 12.4. The molecule has 1 heterocycles. The topological polar surface area (TPSA) is 29.1 Å². The number of rotatable bonds is 0. The summed E-state index contributed by atoms with van der Waals surface area (Å²) >= 11 is 5.37. The molecule has 90 valence electrons. The van der Waals surface area contributed by atoms with Crippen LogP contribution in [-0.4, -0.2) is 11.7 Å². The number of hydrogen-bond acceptors (Lipinski definition) is 2. The summed E-state index contributed by atoms with van der Waals surface area (Å²) in [6.45, 7) is 0. The van der Waals surface area contributed by atoms with Gasteiger partial charge in [-0.25, -0.2) is 0 Å². The molecule has 3 rings (SSSR count). The largest absolute Gasteiger partial charge is 0.325 e. The highest BCUT2D eigenvalue weighted by Crippen LogP contribution is 2.48. The van der Waals surface area contributed by atoms with Crippen molar-refractivity contribution in [2.45, 2.75) is 30.6 Å². The zero-order valence-electron chi connectivity index (χ0n) is 9.46. The Bertz CT molecular complexity index is 468. The zero-order chi connectivity index (χ0) is 11.9. The van der Waals surface area contributed by atoms with Crippen molar-refractivity contribution >= 4 is 39.3 Å². The minimum Gasteiger partial charge on any atom is -0.325 e. The molecule has 2 aliphatic rings. The van der Waals surface area contributed by atoms with Crippen molar-refractivity contribution in [2.75, 3.05) is 11.1 Å². The Kier molecular flexibility index (Phi) is 2.95. The quantitative estimate of drug-likeness (QED) is 0.783. The van der Waals surface area contributed by atoms with Crippen molar-refractivity contribution in [3.63, 3.8) is 0 Å². The molecule has 1 saturated carbocycles. The average molecular weight is 312 g/mol. The third-order valence-corrected chi connectivity index (χ3v) is 6.10. The predicted octanol–water partition coefficient (Wildman–Crippen LogP) is 4.05. The number of amides is 1. The summed E-state index contributed by atoms with van der Waals surface area (Å²) in [5.74, 6) is 1.13. The summed E-state index contributed by atoms with van der Waals surface area (Å²) in [6, 6.07) is 5.99. The fourth-order valence-electron chi connectivity index (χ4n) is 2.71. The molecule has 1 aromatic rings. The number of carbonyl (C=O) groups excluding carboxylic acids is 1. The van der Waals surface area contributed by atoms with E-state index in [1.807, 2.05) is 18.2 Å². The normalized spacial score (nSPS) is 22.1. The number of anilines is 1. The summed E-state index contributed by atoms with van der Waals surface area (Å²) in [6.07, 6.45) is 4.45. The maximum Gasteiger partial charge on any atom is 0.231 e. The van der Waals surface area contributed by atoms with E-state index >= 15 is 0 Å². The van der Waals surface area contributed by atoms with Gasteiger partial charge in [-0.1, -0.05) is 18.9 Å². The second-order valence-corrected chi connectivity index (χ2v) is 6.69. The van der Waals surface area contributed by atoms with Gasteiger partial charge >= 0.3 is 0 Å². The Morgan fingerprint density at radius 2 is 2.06 bits per heavy atom. The second kappa shape index (κ2) is 4.32. The number of fused-ring (bicyclic) bond motifs is 1. The van der Waals surface area contributed by atoms with Gasteiger partial charge in [0, 0.05) is 15.1 Å². The third-order valence-electron chi connectivity index (χ3n) is 3.75. The van der Waals surface area contributed by atoms with E-state index in [1.165, 1.54) is 17.7 Å². The summed E-state index contributed by atoms with van der Waals surface area (Å²) in [5, 5.41) is 3.11. The zero-order valence-corrected chi connectivity index (χ0v) is 11.9. The van der Waals surface area contributed by atoms with Crippen molar-refractivity contribution in [1.82, 2.24) is 0 Å². The molecule has 1 aliphatic carbocycles. The van der Waals surface area contributed by atoms with Gasteiger partial charge in [0.25, 0.3) is 0 Å². The number of thioether (sulfide) groups is 1. The maximum atomic E-state index is 12.4. The highest BCUT2D eigenvalue weighted by Gasteiger charge is 2.43. The summed E-state index contributed by atoms with van der Waals surface area (Å²) in [5.41, 5.74) is 0.835. The van der Waals surface area contributed by atoms with Crippen LogP contribution in [0.15, 0.2) is 27.6 Å². The molecular formula is C13H14BrNOS. The van der Waals surface area contributed by atoms with Crippen molar-refractivity contribution in [1.29, 1.82) is 0 Å². The van der Waals surface area contributed by atoms with Crippen LogP contribution in [-0.2, 0) is 4.79 Å². The molecule has 2 nitrogen and oxygen atoms in total. The molecule has 1 amide bonds. The Labute approximate surface area is 114 Å². The Hall–Kier alpha value is -0.480. The number of carbonyl (C=O) groups is 1. The number of benzene rings is 1. The number of hydrogen-bond donors (Lipinski definition) is 1. The van der Waals surface area contributed by atoms with Gasteiger partial charge in [-0.05, 0) is 40.9 Å². The van der Waals surface area contributed by atoms with Gasteiger partial charge in [-0.15, -0.1) is 11.8 Å². The third kappa shape index (κ3) is 1.91. The second-order valence-electron chi connectivity index (χ2n) is 4.85. The van der Waals surface area contributed by atoms with Crippen LogP contribution in [0.2, 0.25) is 0 Å². The molecule has 0 saturated heterocycles. The standard InChI is InChI=1S/C13H14BrNOS/c14-9-4-3-5-10-11(9)17-8-13(12(16)15-10)6-1-2-7-13/h3-5H,1-2,6-8H2,(H,15,16). The molecule has 17 heavy (non-hydrogen) atoms. The van der Waals surface area contributed by atoms with Gasteiger partial charge in [0.05, 0.1) is 11.1 Å². The van der Waals surface area contributed by atoms with Crippen LogP contribution in [0.3, 0.4) is 0 Å². The van der Waals surface area contributed by atoms with Crippen LogP contribution >= 0.6 is 27.7 Å². The molecule has 0 unspecified atom stereocenters. The van der Waals surface area contributed by atoms with E-state index in [0.29, 0.717) is 0 Å². The molecule has 1 N–H and O–H groups in total. The van der Waals surface area contributed by atoms with Crippen molar-refractivity contribution in [3.05, 3.63) is 22.7 Å². The Balaban J connectivity index is 1.99. The Morgan fingerprint density at radius 1 is 1.29 bits per heavy atom. The van der Waals surface area contributed by atoms with Gasteiger partial charge in [-0.2, -0.15) is 0 Å². The van der Waals surface area contributed by atoms with E-state index in [2.05, 4.69) is 21.2 Å². The van der Waals surface area contributed by atoms with E-state index in [0.717, 1.165) is 28.8 Å². The Morgan fingerprint density at radius 3 is 2.82 bits per heavy atom. The number of nitrogens with one attached hydrogen (secondary N) is 1. The fourth-order valence-corrected chi connectivity index (χ4v) is 4.74. The van der Waals surface area contributed by atoms with Gasteiger partial charge in [-0.3, -0.25) is 4.79 Å². The van der Waals surface area contributed by atoms with Gasteiger partial charge in [0.15, 0.2) is 0 Å². The predicted molar refractivity (Wildman–Crippen MR) is 74.4 cm³/mol. The first-order chi connectivity index (χ1) is 8.21. The van der Waals surface area contributed by atoms with Crippen LogP contribution in [0.5, 0.6) is 0 Å². The SMILES string of the molecule is O=C1Nc2cccc(Br)c2SCC12CCCC2. The lowest BCUT2D eigenvalue weighted by molar-refractivity contribution is -0.124. The highest BCUT2D eigenvalue weighted by molar-refractivity contribution is 9.10. The summed E-state index contributed by atoms with van der Waals surface area (Å²) < 4.78 is 1.08. The van der Waals surface area contributed by atoms with Crippen LogP contribution < -0.4 is 5.32 Å². The molecular weight excluding hydrogens is 298 g/mol. The van der Waals surface area contributed by atoms with Gasteiger partial charge < -0.3 is 5.32 Å². The molecule has 1 spiro atoms. The van der Waals surface area contributed by atoms with Crippen molar-refractivity contribution in [2.24, 2.45) is 5.41 Å². The van der Waals surface area contributed by atoms with Crippen LogP contribution in [0.25, 0.3) is 0 Å². The summed E-state index contributed by atoms with van der Waals surface area (Å²) in [7, 11) is 0. The number of halogens is 1. The first-order valence-electron chi connectivity index (χ1n) is 5.94. The summed E-state index contributed by atoms with van der Waals surface area (Å²) in [4.78, 5) is 13.5. The van der Waals surface area contributed by atoms with Crippen molar-refractivity contribution in [3.8, 4) is 0 Å². The lowest BCUT2D eigenvalue weighted by Gasteiger charge is -2.24.